The highest BCUT2D eigenvalue weighted by Crippen LogP contribution is 2.18. The van der Waals surface area contributed by atoms with E-state index in [1.807, 2.05) is 6.92 Å². The molecule has 1 unspecified atom stereocenters. The number of carbonyl (C=O) groups excluding carboxylic acids is 1. The van der Waals surface area contributed by atoms with Gasteiger partial charge in [0.2, 0.25) is 0 Å². The second-order valence-electron chi connectivity index (χ2n) is 2.62. The Hall–Kier alpha value is -0.790. The number of hydrogen-bond acceptors (Lipinski definition) is 2. The molecule has 9 heavy (non-hydrogen) atoms. The predicted molar refractivity (Wildman–Crippen MR) is 34.1 cm³/mol. The van der Waals surface area contributed by atoms with Gasteiger partial charge in [0.25, 0.3) is 0 Å². The lowest BCUT2D eigenvalue weighted by Gasteiger charge is -2.12. The molecular formula is C7H10O2. The molecule has 1 rings (SSSR count). The van der Waals surface area contributed by atoms with E-state index in [1.54, 1.807) is 0 Å². The van der Waals surface area contributed by atoms with Crippen molar-refractivity contribution in [1.82, 2.24) is 0 Å². The first-order valence-corrected chi connectivity index (χ1v) is 3.11. The Balaban J connectivity index is 2.67. The highest BCUT2D eigenvalue weighted by Gasteiger charge is 2.15. The number of allylic oxidation sites excluding steroid dienone is 2. The molecule has 0 aromatic heterocycles. The van der Waals surface area contributed by atoms with E-state index in [-0.39, 0.29) is 11.5 Å². The van der Waals surface area contributed by atoms with Crippen LogP contribution in [0, 0.1) is 5.92 Å². The summed E-state index contributed by atoms with van der Waals surface area (Å²) in [5.41, 5.74) is 0. The lowest BCUT2D eigenvalue weighted by atomic mass is 9.94. The van der Waals surface area contributed by atoms with Crippen molar-refractivity contribution in [2.24, 2.45) is 5.92 Å². The SMILES string of the molecule is CC1CC(=O)C=C(O)C1. The second kappa shape index (κ2) is 2.21. The minimum Gasteiger partial charge on any atom is -0.512 e. The molecule has 0 fully saturated rings. The van der Waals surface area contributed by atoms with Gasteiger partial charge in [-0.1, -0.05) is 6.92 Å². The highest BCUT2D eigenvalue weighted by molar-refractivity contribution is 5.90. The maximum absolute atomic E-state index is 10.6. The standard InChI is InChI=1S/C7H10O2/c1-5-2-6(8)4-7(9)3-5/h4-5,8H,2-3H2,1H3. The van der Waals surface area contributed by atoms with Gasteiger partial charge in [0.05, 0.1) is 5.76 Å². The Kier molecular flexibility index (Phi) is 1.56. The molecule has 0 radical (unpaired) electrons. The molecule has 0 aromatic rings. The van der Waals surface area contributed by atoms with Crippen molar-refractivity contribution >= 4 is 5.78 Å². The lowest BCUT2D eigenvalue weighted by molar-refractivity contribution is -0.116. The fourth-order valence-corrected chi connectivity index (χ4v) is 1.08. The molecule has 1 N–H and O–H groups in total. The summed E-state index contributed by atoms with van der Waals surface area (Å²) in [6.07, 6.45) is 2.57. The van der Waals surface area contributed by atoms with Gasteiger partial charge < -0.3 is 5.11 Å². The Morgan fingerprint density at radius 3 is 2.78 bits per heavy atom. The molecule has 0 aromatic carbocycles. The van der Waals surface area contributed by atoms with Crippen LogP contribution >= 0.6 is 0 Å². The van der Waals surface area contributed by atoms with Gasteiger partial charge in [-0.05, 0) is 5.92 Å². The summed E-state index contributed by atoms with van der Waals surface area (Å²) in [6, 6.07) is 0. The van der Waals surface area contributed by atoms with Crippen molar-refractivity contribution in [3.05, 3.63) is 11.8 Å². The summed E-state index contributed by atoms with van der Waals surface area (Å²) in [5.74, 6) is 0.604. The predicted octanol–water partition coefficient (Wildman–Crippen LogP) is 1.43. The summed E-state index contributed by atoms with van der Waals surface area (Å²) in [4.78, 5) is 10.6. The monoisotopic (exact) mass is 126 g/mol. The van der Waals surface area contributed by atoms with Crippen LogP contribution in [0.25, 0.3) is 0 Å². The molecule has 0 spiro atoms. The largest absolute Gasteiger partial charge is 0.512 e. The zero-order chi connectivity index (χ0) is 6.85. The number of carbonyl (C=O) groups is 1. The Bertz CT molecular complexity index is 158. The van der Waals surface area contributed by atoms with Gasteiger partial charge >= 0.3 is 0 Å². The van der Waals surface area contributed by atoms with E-state index in [2.05, 4.69) is 0 Å². The van der Waals surface area contributed by atoms with Crippen molar-refractivity contribution in [3.63, 3.8) is 0 Å². The zero-order valence-corrected chi connectivity index (χ0v) is 5.42. The quantitative estimate of drug-likeness (QED) is 0.533. The smallest absolute Gasteiger partial charge is 0.159 e. The summed E-state index contributed by atoms with van der Waals surface area (Å²) in [7, 11) is 0. The van der Waals surface area contributed by atoms with Crippen LogP contribution < -0.4 is 0 Å². The van der Waals surface area contributed by atoms with Crippen LogP contribution in [-0.4, -0.2) is 10.9 Å². The molecular weight excluding hydrogens is 116 g/mol. The summed E-state index contributed by atoms with van der Waals surface area (Å²) < 4.78 is 0. The molecule has 1 atom stereocenters. The van der Waals surface area contributed by atoms with Crippen LogP contribution in [0.3, 0.4) is 0 Å². The van der Waals surface area contributed by atoms with Gasteiger partial charge in [-0.15, -0.1) is 0 Å². The molecule has 1 aliphatic rings. The molecule has 0 aliphatic heterocycles. The average molecular weight is 126 g/mol. The van der Waals surface area contributed by atoms with Crippen LogP contribution in [0.4, 0.5) is 0 Å². The third-order valence-electron chi connectivity index (χ3n) is 1.43. The van der Waals surface area contributed by atoms with Crippen LogP contribution in [0.15, 0.2) is 11.8 Å². The molecule has 2 heteroatoms. The zero-order valence-electron chi connectivity index (χ0n) is 5.42. The molecule has 2 nitrogen and oxygen atoms in total. The van der Waals surface area contributed by atoms with Crippen molar-refractivity contribution in [1.29, 1.82) is 0 Å². The number of hydrogen-bond donors (Lipinski definition) is 1. The van der Waals surface area contributed by atoms with E-state index in [0.29, 0.717) is 18.8 Å². The first kappa shape index (κ1) is 6.33. The van der Waals surface area contributed by atoms with Gasteiger partial charge in [-0.25, -0.2) is 0 Å². The van der Waals surface area contributed by atoms with Gasteiger partial charge in [0.15, 0.2) is 5.78 Å². The van der Waals surface area contributed by atoms with Gasteiger partial charge in [-0.3, -0.25) is 4.79 Å². The molecule has 0 saturated heterocycles. The van der Waals surface area contributed by atoms with Crippen LogP contribution in [0.2, 0.25) is 0 Å². The molecule has 0 heterocycles. The topological polar surface area (TPSA) is 37.3 Å². The van der Waals surface area contributed by atoms with Crippen molar-refractivity contribution in [2.45, 2.75) is 19.8 Å². The van der Waals surface area contributed by atoms with E-state index >= 15 is 0 Å². The van der Waals surface area contributed by atoms with Crippen LogP contribution in [0.5, 0.6) is 0 Å². The molecule has 0 amide bonds. The van der Waals surface area contributed by atoms with Crippen LogP contribution in [-0.2, 0) is 4.79 Å². The maximum atomic E-state index is 10.6. The van der Waals surface area contributed by atoms with Crippen molar-refractivity contribution < 1.29 is 9.90 Å². The van der Waals surface area contributed by atoms with Crippen molar-refractivity contribution in [3.8, 4) is 0 Å². The third kappa shape index (κ3) is 1.56. The lowest BCUT2D eigenvalue weighted by Crippen LogP contribution is -2.10. The minimum absolute atomic E-state index is 0.0475. The normalized spacial score (nSPS) is 27.9. The highest BCUT2D eigenvalue weighted by atomic mass is 16.3. The Morgan fingerprint density at radius 1 is 1.67 bits per heavy atom. The summed E-state index contributed by atoms with van der Waals surface area (Å²) in [5, 5.41) is 8.89. The van der Waals surface area contributed by atoms with E-state index in [9.17, 15) is 4.79 Å². The van der Waals surface area contributed by atoms with E-state index in [1.165, 1.54) is 6.08 Å². The molecule has 0 saturated carbocycles. The van der Waals surface area contributed by atoms with E-state index in [4.69, 9.17) is 5.11 Å². The van der Waals surface area contributed by atoms with Crippen LogP contribution in [0.1, 0.15) is 19.8 Å². The summed E-state index contributed by atoms with van der Waals surface area (Å²) >= 11 is 0. The first-order chi connectivity index (χ1) is 4.18. The number of ketones is 1. The van der Waals surface area contributed by atoms with E-state index < -0.39 is 0 Å². The van der Waals surface area contributed by atoms with Gasteiger partial charge in [-0.2, -0.15) is 0 Å². The first-order valence-electron chi connectivity index (χ1n) is 3.11. The Morgan fingerprint density at radius 2 is 2.33 bits per heavy atom. The fourth-order valence-electron chi connectivity index (χ4n) is 1.08. The fraction of sp³-hybridized carbons (Fsp3) is 0.571. The maximum Gasteiger partial charge on any atom is 0.159 e. The second-order valence-corrected chi connectivity index (χ2v) is 2.62. The third-order valence-corrected chi connectivity index (χ3v) is 1.43. The number of rotatable bonds is 0. The van der Waals surface area contributed by atoms with Gasteiger partial charge in [0, 0.05) is 18.9 Å². The number of aliphatic hydroxyl groups excluding tert-OH is 1. The molecule has 0 bridgehead atoms. The van der Waals surface area contributed by atoms with E-state index in [0.717, 1.165) is 0 Å². The number of aliphatic hydroxyl groups is 1. The average Bonchev–Trinajstić information content (AvgIpc) is 1.59. The van der Waals surface area contributed by atoms with Crippen molar-refractivity contribution in [2.75, 3.05) is 0 Å². The Labute approximate surface area is 54.2 Å². The molecule has 1 aliphatic carbocycles. The van der Waals surface area contributed by atoms with Gasteiger partial charge in [0.1, 0.15) is 0 Å². The summed E-state index contributed by atoms with van der Waals surface area (Å²) in [6.45, 7) is 1.96. The molecule has 50 valence electrons. The minimum atomic E-state index is 0.0475.